The number of ether oxygens (including phenoxy) is 2. The highest BCUT2D eigenvalue weighted by Crippen LogP contribution is 2.34. The third-order valence-corrected chi connectivity index (χ3v) is 5.88. The van der Waals surface area contributed by atoms with Gasteiger partial charge in [0, 0.05) is 24.1 Å². The molecule has 29 heavy (non-hydrogen) atoms. The molecule has 2 aliphatic rings. The number of hydrogen-bond donors (Lipinski definition) is 1. The van der Waals surface area contributed by atoms with E-state index in [1.165, 1.54) is 0 Å². The highest BCUT2D eigenvalue weighted by molar-refractivity contribution is 6.03. The summed E-state index contributed by atoms with van der Waals surface area (Å²) in [5, 5.41) is 4.09. The van der Waals surface area contributed by atoms with Crippen LogP contribution in [0.5, 0.6) is 5.75 Å². The maximum atomic E-state index is 12.6. The first-order valence-corrected chi connectivity index (χ1v) is 10.4. The minimum Gasteiger partial charge on any atom is -0.497 e. The quantitative estimate of drug-likeness (QED) is 0.719. The van der Waals surface area contributed by atoms with Crippen LogP contribution in [-0.4, -0.2) is 46.3 Å². The number of aromatic nitrogens is 3. The molecule has 0 spiro atoms. The van der Waals surface area contributed by atoms with Crippen molar-refractivity contribution in [2.75, 3.05) is 13.7 Å². The monoisotopic (exact) mass is 394 g/mol. The Balaban J connectivity index is 1.66. The number of methoxy groups -OCH3 is 1. The Labute approximate surface area is 169 Å². The van der Waals surface area contributed by atoms with Gasteiger partial charge in [-0.15, -0.1) is 0 Å². The largest absolute Gasteiger partial charge is 0.497 e. The maximum absolute atomic E-state index is 12.6. The lowest BCUT2D eigenvalue weighted by molar-refractivity contribution is -0.120. The minimum atomic E-state index is 0.0407. The molecule has 3 heterocycles. The molecule has 1 saturated heterocycles. The van der Waals surface area contributed by atoms with E-state index in [-0.39, 0.29) is 24.5 Å². The number of nitrogens with zero attached hydrogens (tertiary/aromatic N) is 3. The molecule has 2 aromatic heterocycles. The number of fused-ring (bicyclic) bond motifs is 3. The van der Waals surface area contributed by atoms with Crippen molar-refractivity contribution >= 4 is 27.8 Å². The van der Waals surface area contributed by atoms with Crippen molar-refractivity contribution in [3.05, 3.63) is 30.2 Å². The number of carbonyl (C=O) groups is 1. The molecule has 2 fully saturated rings. The first-order chi connectivity index (χ1) is 14.1. The average Bonchev–Trinajstić information content (AvgIpc) is 3.45. The third-order valence-electron chi connectivity index (χ3n) is 5.88. The predicted octanol–water partition coefficient (Wildman–Crippen LogP) is 3.15. The van der Waals surface area contributed by atoms with Crippen molar-refractivity contribution in [3.63, 3.8) is 0 Å². The van der Waals surface area contributed by atoms with Gasteiger partial charge in [0.05, 0.1) is 36.9 Å². The van der Waals surface area contributed by atoms with Crippen molar-refractivity contribution in [3.8, 4) is 5.75 Å². The van der Waals surface area contributed by atoms with Crippen LogP contribution in [0.4, 0.5) is 0 Å². The second kappa shape index (κ2) is 7.30. The number of benzene rings is 1. The van der Waals surface area contributed by atoms with Crippen LogP contribution in [0, 0.1) is 0 Å². The fraction of sp³-hybridized carbons (Fsp3) is 0.500. The standard InChI is InChI=1S/C22H26N4O3/c1-13-9-15(7-8-29-13)26-20(11-21(27)24-14-3-4-14)25-19-12-23-18-6-5-16(28-2)10-17(18)22(19)26/h5-6,10,12-15H,3-4,7-9,11H2,1-2H3,(H,24,27)/t13-,15-/m1/s1. The molecule has 1 aliphatic carbocycles. The van der Waals surface area contributed by atoms with Gasteiger partial charge in [-0.2, -0.15) is 0 Å². The van der Waals surface area contributed by atoms with E-state index in [1.807, 2.05) is 24.4 Å². The molecule has 0 unspecified atom stereocenters. The molecular weight excluding hydrogens is 368 g/mol. The van der Waals surface area contributed by atoms with E-state index < -0.39 is 0 Å². The molecule has 1 saturated carbocycles. The topological polar surface area (TPSA) is 78.3 Å². The maximum Gasteiger partial charge on any atom is 0.227 e. The lowest BCUT2D eigenvalue weighted by Crippen LogP contribution is -2.30. The van der Waals surface area contributed by atoms with Crippen LogP contribution in [-0.2, 0) is 16.0 Å². The van der Waals surface area contributed by atoms with Crippen molar-refractivity contribution in [2.24, 2.45) is 0 Å². The number of rotatable bonds is 5. The molecule has 5 rings (SSSR count). The van der Waals surface area contributed by atoms with Crippen LogP contribution in [0.1, 0.15) is 44.5 Å². The summed E-state index contributed by atoms with van der Waals surface area (Å²) in [6.45, 7) is 2.82. The van der Waals surface area contributed by atoms with Gasteiger partial charge in [-0.05, 0) is 50.8 Å². The molecule has 1 aliphatic heterocycles. The van der Waals surface area contributed by atoms with Crippen molar-refractivity contribution < 1.29 is 14.3 Å². The Bertz CT molecular complexity index is 1070. The zero-order valence-corrected chi connectivity index (χ0v) is 16.9. The summed E-state index contributed by atoms with van der Waals surface area (Å²) in [4.78, 5) is 22.0. The average molecular weight is 394 g/mol. The number of amides is 1. The molecule has 2 atom stereocenters. The van der Waals surface area contributed by atoms with Crippen LogP contribution in [0.2, 0.25) is 0 Å². The van der Waals surface area contributed by atoms with Crippen LogP contribution in [0.25, 0.3) is 21.9 Å². The normalized spacial score (nSPS) is 22.1. The van der Waals surface area contributed by atoms with E-state index in [0.717, 1.165) is 59.2 Å². The number of hydrogen-bond acceptors (Lipinski definition) is 5. The second-order valence-corrected chi connectivity index (χ2v) is 8.15. The number of nitrogens with one attached hydrogen (secondary N) is 1. The molecule has 152 valence electrons. The first-order valence-electron chi connectivity index (χ1n) is 10.4. The van der Waals surface area contributed by atoms with Gasteiger partial charge < -0.3 is 19.4 Å². The smallest absolute Gasteiger partial charge is 0.227 e. The highest BCUT2D eigenvalue weighted by Gasteiger charge is 2.28. The number of imidazole rings is 1. The summed E-state index contributed by atoms with van der Waals surface area (Å²) in [5.41, 5.74) is 2.75. The van der Waals surface area contributed by atoms with Gasteiger partial charge in [0.1, 0.15) is 17.1 Å². The van der Waals surface area contributed by atoms with Gasteiger partial charge in [-0.3, -0.25) is 9.78 Å². The van der Waals surface area contributed by atoms with Gasteiger partial charge in [-0.1, -0.05) is 0 Å². The molecule has 0 radical (unpaired) electrons. The summed E-state index contributed by atoms with van der Waals surface area (Å²) in [5.74, 6) is 1.63. The van der Waals surface area contributed by atoms with Crippen molar-refractivity contribution in [2.45, 2.75) is 57.2 Å². The van der Waals surface area contributed by atoms with E-state index in [2.05, 4.69) is 21.8 Å². The summed E-state index contributed by atoms with van der Waals surface area (Å²) in [7, 11) is 1.67. The van der Waals surface area contributed by atoms with Gasteiger partial charge in [-0.25, -0.2) is 4.98 Å². The first kappa shape index (κ1) is 18.4. The highest BCUT2D eigenvalue weighted by atomic mass is 16.5. The Morgan fingerprint density at radius 2 is 2.17 bits per heavy atom. The summed E-state index contributed by atoms with van der Waals surface area (Å²) < 4.78 is 13.5. The molecular formula is C22H26N4O3. The molecule has 1 aromatic carbocycles. The van der Waals surface area contributed by atoms with Crippen LogP contribution >= 0.6 is 0 Å². The Morgan fingerprint density at radius 3 is 2.93 bits per heavy atom. The van der Waals surface area contributed by atoms with Gasteiger partial charge in [0.2, 0.25) is 5.91 Å². The lowest BCUT2D eigenvalue weighted by Gasteiger charge is -2.30. The van der Waals surface area contributed by atoms with Crippen LogP contribution < -0.4 is 10.1 Å². The van der Waals surface area contributed by atoms with E-state index >= 15 is 0 Å². The Kier molecular flexibility index (Phi) is 4.62. The van der Waals surface area contributed by atoms with Crippen LogP contribution in [0.3, 0.4) is 0 Å². The molecule has 3 aromatic rings. The van der Waals surface area contributed by atoms with Crippen molar-refractivity contribution in [1.29, 1.82) is 0 Å². The fourth-order valence-electron chi connectivity index (χ4n) is 4.31. The number of carbonyl (C=O) groups excluding carboxylic acids is 1. The SMILES string of the molecule is COc1ccc2ncc3nc(CC(=O)NC4CC4)n([C@@H]4CCO[C@H](C)C4)c3c2c1. The molecule has 7 nitrogen and oxygen atoms in total. The van der Waals surface area contributed by atoms with Gasteiger partial charge in [0.15, 0.2) is 0 Å². The Morgan fingerprint density at radius 1 is 1.31 bits per heavy atom. The molecule has 0 bridgehead atoms. The fourth-order valence-corrected chi connectivity index (χ4v) is 4.31. The molecule has 1 N–H and O–H groups in total. The second-order valence-electron chi connectivity index (χ2n) is 8.15. The van der Waals surface area contributed by atoms with E-state index in [4.69, 9.17) is 14.5 Å². The predicted molar refractivity (Wildman–Crippen MR) is 110 cm³/mol. The van der Waals surface area contributed by atoms with Crippen molar-refractivity contribution in [1.82, 2.24) is 19.9 Å². The Hall–Kier alpha value is -2.67. The van der Waals surface area contributed by atoms with Crippen LogP contribution in [0.15, 0.2) is 24.4 Å². The zero-order chi connectivity index (χ0) is 20.0. The van der Waals surface area contributed by atoms with E-state index in [0.29, 0.717) is 12.6 Å². The third kappa shape index (κ3) is 3.55. The zero-order valence-electron chi connectivity index (χ0n) is 16.9. The molecule has 7 heteroatoms. The molecule has 1 amide bonds. The number of pyridine rings is 1. The van der Waals surface area contributed by atoms with Gasteiger partial charge in [0.25, 0.3) is 0 Å². The van der Waals surface area contributed by atoms with Gasteiger partial charge >= 0.3 is 0 Å². The van der Waals surface area contributed by atoms with E-state index in [9.17, 15) is 4.79 Å². The minimum absolute atomic E-state index is 0.0407. The summed E-state index contributed by atoms with van der Waals surface area (Å²) >= 11 is 0. The summed E-state index contributed by atoms with van der Waals surface area (Å²) in [6.07, 6.45) is 6.23. The van der Waals surface area contributed by atoms with E-state index in [1.54, 1.807) is 7.11 Å². The summed E-state index contributed by atoms with van der Waals surface area (Å²) in [6, 6.07) is 6.48. The lowest BCUT2D eigenvalue weighted by atomic mass is 10.0.